The molecule has 2 rings (SSSR count). The molecular weight excluding hydrogens is 268 g/mol. The monoisotopic (exact) mass is 286 g/mol. The Morgan fingerprint density at radius 1 is 1.19 bits per heavy atom. The fraction of sp³-hybridized carbons (Fsp3) is 0.312. The summed E-state index contributed by atoms with van der Waals surface area (Å²) in [5.41, 5.74) is 1.84. The van der Waals surface area contributed by atoms with Crippen molar-refractivity contribution < 1.29 is 9.53 Å². The van der Waals surface area contributed by atoms with E-state index in [9.17, 15) is 9.59 Å². The fourth-order valence-electron chi connectivity index (χ4n) is 1.95. The average molecular weight is 286 g/mol. The van der Waals surface area contributed by atoms with Gasteiger partial charge in [0.1, 0.15) is 11.4 Å². The van der Waals surface area contributed by atoms with Crippen molar-refractivity contribution in [2.75, 3.05) is 7.11 Å². The van der Waals surface area contributed by atoms with Crippen LogP contribution >= 0.6 is 0 Å². The first-order valence-electron chi connectivity index (χ1n) is 6.61. The van der Waals surface area contributed by atoms with Crippen molar-refractivity contribution >= 4 is 5.97 Å². The van der Waals surface area contributed by atoms with Gasteiger partial charge in [-0.1, -0.05) is 45.0 Å². The number of ether oxygens (including phenoxy) is 1. The highest BCUT2D eigenvalue weighted by atomic mass is 16.5. The van der Waals surface area contributed by atoms with Gasteiger partial charge < -0.3 is 9.72 Å². The zero-order chi connectivity index (χ0) is 15.6. The van der Waals surface area contributed by atoms with E-state index in [2.05, 4.69) is 35.5 Å². The Morgan fingerprint density at radius 2 is 1.81 bits per heavy atom. The van der Waals surface area contributed by atoms with Gasteiger partial charge in [-0.15, -0.1) is 0 Å². The van der Waals surface area contributed by atoms with E-state index >= 15 is 0 Å². The van der Waals surface area contributed by atoms with Gasteiger partial charge in [-0.05, 0) is 11.0 Å². The number of benzene rings is 1. The van der Waals surface area contributed by atoms with Gasteiger partial charge in [0.15, 0.2) is 0 Å². The molecular formula is C16H18N2O3. The maximum atomic E-state index is 12.0. The molecule has 21 heavy (non-hydrogen) atoms. The van der Waals surface area contributed by atoms with E-state index in [4.69, 9.17) is 0 Å². The predicted molar refractivity (Wildman–Crippen MR) is 80.3 cm³/mol. The molecule has 0 amide bonds. The van der Waals surface area contributed by atoms with Crippen molar-refractivity contribution in [3.8, 4) is 11.3 Å². The lowest BCUT2D eigenvalue weighted by molar-refractivity contribution is 0.0593. The largest absolute Gasteiger partial charge is 0.464 e. The summed E-state index contributed by atoms with van der Waals surface area (Å²) in [5, 5.41) is 0. The first-order valence-corrected chi connectivity index (χ1v) is 6.61. The lowest BCUT2D eigenvalue weighted by Gasteiger charge is -2.18. The highest BCUT2D eigenvalue weighted by Crippen LogP contribution is 2.24. The highest BCUT2D eigenvalue weighted by molar-refractivity contribution is 5.86. The summed E-state index contributed by atoms with van der Waals surface area (Å²) in [6.45, 7) is 6.37. The van der Waals surface area contributed by atoms with Crippen LogP contribution in [-0.4, -0.2) is 23.0 Å². The maximum Gasteiger partial charge on any atom is 0.356 e. The molecule has 5 nitrogen and oxygen atoms in total. The first kappa shape index (κ1) is 15.0. The van der Waals surface area contributed by atoms with Crippen LogP contribution in [0.4, 0.5) is 0 Å². The number of aromatic amines is 1. The van der Waals surface area contributed by atoms with Crippen LogP contribution in [0.3, 0.4) is 0 Å². The van der Waals surface area contributed by atoms with Crippen molar-refractivity contribution in [2.45, 2.75) is 26.2 Å². The zero-order valence-electron chi connectivity index (χ0n) is 12.6. The van der Waals surface area contributed by atoms with Crippen molar-refractivity contribution in [1.82, 2.24) is 9.97 Å². The number of hydrogen-bond donors (Lipinski definition) is 1. The van der Waals surface area contributed by atoms with Crippen LogP contribution < -0.4 is 5.56 Å². The summed E-state index contributed by atoms with van der Waals surface area (Å²) in [5.74, 6) is -0.616. The molecule has 1 heterocycles. The van der Waals surface area contributed by atoms with Crippen LogP contribution in [0.15, 0.2) is 35.3 Å². The summed E-state index contributed by atoms with van der Waals surface area (Å²) >= 11 is 0. The Bertz CT molecular complexity index is 710. The molecule has 1 aromatic carbocycles. The Kier molecular flexibility index (Phi) is 3.93. The maximum absolute atomic E-state index is 12.0. The van der Waals surface area contributed by atoms with E-state index in [0.717, 1.165) is 0 Å². The van der Waals surface area contributed by atoms with Gasteiger partial charge in [0, 0.05) is 5.56 Å². The minimum atomic E-state index is -0.616. The normalized spacial score (nSPS) is 11.2. The van der Waals surface area contributed by atoms with Gasteiger partial charge in [-0.25, -0.2) is 9.78 Å². The number of hydrogen-bond acceptors (Lipinski definition) is 4. The standard InChI is InChI=1S/C16H18N2O3/c1-16(2,3)11-7-5-10(6-8-11)13-14(19)18-12(9-17-13)15(20)21-4/h5-9H,1-4H3,(H,18,19). The SMILES string of the molecule is COC(=O)c1cnc(-c2ccc(C(C)(C)C)cc2)c(=O)[nH]1. The smallest absolute Gasteiger partial charge is 0.356 e. The van der Waals surface area contributed by atoms with Gasteiger partial charge >= 0.3 is 5.97 Å². The lowest BCUT2D eigenvalue weighted by atomic mass is 9.86. The molecule has 0 bridgehead atoms. The predicted octanol–water partition coefficient (Wildman–Crippen LogP) is 2.52. The molecule has 0 saturated carbocycles. The Labute approximate surface area is 123 Å². The Hall–Kier alpha value is -2.43. The highest BCUT2D eigenvalue weighted by Gasteiger charge is 2.15. The van der Waals surface area contributed by atoms with E-state index in [-0.39, 0.29) is 16.8 Å². The second kappa shape index (κ2) is 5.52. The summed E-state index contributed by atoms with van der Waals surface area (Å²) in [4.78, 5) is 29.9. The topological polar surface area (TPSA) is 72.0 Å². The molecule has 0 spiro atoms. The molecule has 0 saturated heterocycles. The molecule has 0 atom stereocenters. The summed E-state index contributed by atoms with van der Waals surface area (Å²) in [6.07, 6.45) is 1.31. The molecule has 0 aliphatic heterocycles. The van der Waals surface area contributed by atoms with Crippen LogP contribution in [0.5, 0.6) is 0 Å². The Morgan fingerprint density at radius 3 is 2.29 bits per heavy atom. The third kappa shape index (κ3) is 3.18. The number of carbonyl (C=O) groups excluding carboxylic acids is 1. The molecule has 1 aromatic heterocycles. The van der Waals surface area contributed by atoms with Crippen LogP contribution in [0.25, 0.3) is 11.3 Å². The number of carbonyl (C=O) groups is 1. The summed E-state index contributed by atoms with van der Waals surface area (Å²) in [7, 11) is 1.25. The second-order valence-corrected chi connectivity index (χ2v) is 5.79. The van der Waals surface area contributed by atoms with E-state index in [0.29, 0.717) is 5.56 Å². The van der Waals surface area contributed by atoms with Crippen LogP contribution in [0.1, 0.15) is 36.8 Å². The number of nitrogens with zero attached hydrogens (tertiary/aromatic N) is 1. The van der Waals surface area contributed by atoms with Crippen molar-refractivity contribution in [3.05, 3.63) is 52.1 Å². The van der Waals surface area contributed by atoms with Gasteiger partial charge in [0.05, 0.1) is 13.3 Å². The van der Waals surface area contributed by atoms with Gasteiger partial charge in [0.2, 0.25) is 0 Å². The average Bonchev–Trinajstić information content (AvgIpc) is 2.45. The fourth-order valence-corrected chi connectivity index (χ4v) is 1.95. The molecule has 0 radical (unpaired) electrons. The number of aromatic nitrogens is 2. The Balaban J connectivity index is 2.39. The molecule has 5 heteroatoms. The van der Waals surface area contributed by atoms with Gasteiger partial charge in [-0.3, -0.25) is 4.79 Å². The molecule has 0 fully saturated rings. The van der Waals surface area contributed by atoms with Gasteiger partial charge in [-0.2, -0.15) is 0 Å². The number of nitrogens with one attached hydrogen (secondary N) is 1. The van der Waals surface area contributed by atoms with Crippen molar-refractivity contribution in [1.29, 1.82) is 0 Å². The third-order valence-electron chi connectivity index (χ3n) is 3.22. The van der Waals surface area contributed by atoms with E-state index in [1.54, 1.807) is 0 Å². The summed E-state index contributed by atoms with van der Waals surface area (Å²) < 4.78 is 4.54. The van der Waals surface area contributed by atoms with E-state index in [1.165, 1.54) is 18.9 Å². The van der Waals surface area contributed by atoms with E-state index < -0.39 is 11.5 Å². The molecule has 0 aliphatic carbocycles. The molecule has 0 aliphatic rings. The number of H-pyrrole nitrogens is 1. The van der Waals surface area contributed by atoms with Crippen LogP contribution in [0, 0.1) is 0 Å². The molecule has 110 valence electrons. The summed E-state index contributed by atoms with van der Waals surface area (Å²) in [6, 6.07) is 7.67. The second-order valence-electron chi connectivity index (χ2n) is 5.79. The third-order valence-corrected chi connectivity index (χ3v) is 3.22. The number of esters is 1. The minimum absolute atomic E-state index is 0.0394. The minimum Gasteiger partial charge on any atom is -0.464 e. The number of rotatable bonds is 2. The lowest BCUT2D eigenvalue weighted by Crippen LogP contribution is -2.17. The molecule has 2 aromatic rings. The quantitative estimate of drug-likeness (QED) is 0.861. The van der Waals surface area contributed by atoms with Crippen molar-refractivity contribution in [3.63, 3.8) is 0 Å². The zero-order valence-corrected chi connectivity index (χ0v) is 12.6. The van der Waals surface area contributed by atoms with Crippen LogP contribution in [0.2, 0.25) is 0 Å². The molecule has 1 N–H and O–H groups in total. The van der Waals surface area contributed by atoms with Crippen LogP contribution in [-0.2, 0) is 10.2 Å². The van der Waals surface area contributed by atoms with Gasteiger partial charge in [0.25, 0.3) is 5.56 Å². The molecule has 0 unspecified atom stereocenters. The van der Waals surface area contributed by atoms with Crippen molar-refractivity contribution in [2.24, 2.45) is 0 Å². The first-order chi connectivity index (χ1) is 9.82. The van der Waals surface area contributed by atoms with E-state index in [1.807, 2.05) is 24.3 Å². The number of methoxy groups -OCH3 is 1.